The second-order valence-electron chi connectivity index (χ2n) is 2.81. The van der Waals surface area contributed by atoms with Gasteiger partial charge in [-0.1, -0.05) is 11.6 Å². The van der Waals surface area contributed by atoms with Gasteiger partial charge in [0.2, 0.25) is 5.95 Å². The quantitative estimate of drug-likeness (QED) is 0.942. The molecule has 0 radical (unpaired) electrons. The van der Waals surface area contributed by atoms with Gasteiger partial charge in [0.1, 0.15) is 0 Å². The lowest BCUT2D eigenvalue weighted by molar-refractivity contribution is 1.07. The third kappa shape index (κ3) is 3.15. The Labute approximate surface area is 105 Å². The van der Waals surface area contributed by atoms with Gasteiger partial charge in [-0.15, -0.1) is 11.3 Å². The summed E-state index contributed by atoms with van der Waals surface area (Å²) < 4.78 is 1.10. The summed E-state index contributed by atoms with van der Waals surface area (Å²) in [6.45, 7) is 0.720. The van der Waals surface area contributed by atoms with E-state index < -0.39 is 0 Å². The van der Waals surface area contributed by atoms with Crippen molar-refractivity contribution in [2.75, 3.05) is 5.32 Å². The Hall–Kier alpha value is -0.650. The van der Waals surface area contributed by atoms with Crippen LogP contribution in [-0.2, 0) is 6.54 Å². The molecule has 3 nitrogen and oxygen atoms in total. The lowest BCUT2D eigenvalue weighted by atomic mass is 10.5. The molecule has 1 N–H and O–H groups in total. The SMILES string of the molecule is Clc1cnc(NCc2cc(Br)cs2)nc1. The molecule has 2 heterocycles. The Morgan fingerprint density at radius 2 is 2.13 bits per heavy atom. The van der Waals surface area contributed by atoms with E-state index in [2.05, 4.69) is 37.3 Å². The van der Waals surface area contributed by atoms with Crippen molar-refractivity contribution in [3.63, 3.8) is 0 Å². The average Bonchev–Trinajstić information content (AvgIpc) is 2.64. The molecule has 0 aliphatic rings. The molecule has 0 amide bonds. The number of thiophene rings is 1. The topological polar surface area (TPSA) is 37.8 Å². The van der Waals surface area contributed by atoms with Crippen molar-refractivity contribution in [1.82, 2.24) is 9.97 Å². The van der Waals surface area contributed by atoms with Crippen LogP contribution in [0.15, 0.2) is 28.3 Å². The number of nitrogens with one attached hydrogen (secondary N) is 1. The second kappa shape index (κ2) is 4.92. The molecule has 15 heavy (non-hydrogen) atoms. The molecular weight excluding hydrogens is 298 g/mol. The molecule has 0 unspecified atom stereocenters. The smallest absolute Gasteiger partial charge is 0.222 e. The van der Waals surface area contributed by atoms with Gasteiger partial charge in [-0.2, -0.15) is 0 Å². The lowest BCUT2D eigenvalue weighted by Crippen LogP contribution is -2.01. The largest absolute Gasteiger partial charge is 0.349 e. The van der Waals surface area contributed by atoms with E-state index in [4.69, 9.17) is 11.6 Å². The highest BCUT2D eigenvalue weighted by molar-refractivity contribution is 9.10. The van der Waals surface area contributed by atoms with E-state index in [1.54, 1.807) is 23.7 Å². The highest BCUT2D eigenvalue weighted by Gasteiger charge is 1.99. The molecular formula is C9H7BrClN3S. The molecule has 78 valence electrons. The van der Waals surface area contributed by atoms with Gasteiger partial charge in [0.25, 0.3) is 0 Å². The summed E-state index contributed by atoms with van der Waals surface area (Å²) in [6, 6.07) is 2.06. The van der Waals surface area contributed by atoms with Crippen molar-refractivity contribution in [3.8, 4) is 0 Å². The minimum Gasteiger partial charge on any atom is -0.349 e. The van der Waals surface area contributed by atoms with Crippen molar-refractivity contribution in [2.24, 2.45) is 0 Å². The van der Waals surface area contributed by atoms with Crippen LogP contribution in [-0.4, -0.2) is 9.97 Å². The summed E-state index contributed by atoms with van der Waals surface area (Å²) in [5, 5.41) is 5.69. The molecule has 2 aromatic rings. The van der Waals surface area contributed by atoms with Crippen molar-refractivity contribution in [3.05, 3.63) is 38.2 Å². The Morgan fingerprint density at radius 3 is 2.73 bits per heavy atom. The van der Waals surface area contributed by atoms with Crippen LogP contribution >= 0.6 is 38.9 Å². The Bertz CT molecular complexity index is 443. The maximum absolute atomic E-state index is 5.68. The van der Waals surface area contributed by atoms with Gasteiger partial charge >= 0.3 is 0 Å². The summed E-state index contributed by atoms with van der Waals surface area (Å²) in [6.07, 6.45) is 3.14. The van der Waals surface area contributed by atoms with Crippen LogP contribution in [0.5, 0.6) is 0 Å². The fourth-order valence-corrected chi connectivity index (χ4v) is 2.50. The van der Waals surface area contributed by atoms with Crippen LogP contribution in [0.1, 0.15) is 4.88 Å². The number of hydrogen-bond acceptors (Lipinski definition) is 4. The maximum atomic E-state index is 5.68. The summed E-state index contributed by atoms with van der Waals surface area (Å²) in [5.41, 5.74) is 0. The minimum absolute atomic E-state index is 0.541. The van der Waals surface area contributed by atoms with E-state index in [9.17, 15) is 0 Å². The summed E-state index contributed by atoms with van der Waals surface area (Å²) in [5.74, 6) is 0.587. The Morgan fingerprint density at radius 1 is 1.40 bits per heavy atom. The molecule has 6 heteroatoms. The minimum atomic E-state index is 0.541. The normalized spacial score (nSPS) is 10.3. The van der Waals surface area contributed by atoms with Crippen LogP contribution in [0.25, 0.3) is 0 Å². The molecule has 2 rings (SSSR count). The fourth-order valence-electron chi connectivity index (χ4n) is 1.02. The van der Waals surface area contributed by atoms with Crippen LogP contribution in [0.3, 0.4) is 0 Å². The van der Waals surface area contributed by atoms with Crippen molar-refractivity contribution < 1.29 is 0 Å². The van der Waals surface area contributed by atoms with Crippen LogP contribution in [0, 0.1) is 0 Å². The van der Waals surface area contributed by atoms with Gasteiger partial charge in [0.15, 0.2) is 0 Å². The highest BCUT2D eigenvalue weighted by atomic mass is 79.9. The highest BCUT2D eigenvalue weighted by Crippen LogP contribution is 2.20. The number of halogens is 2. The van der Waals surface area contributed by atoms with Crippen molar-refractivity contribution in [2.45, 2.75) is 6.54 Å². The fraction of sp³-hybridized carbons (Fsp3) is 0.111. The van der Waals surface area contributed by atoms with E-state index in [-0.39, 0.29) is 0 Å². The van der Waals surface area contributed by atoms with Gasteiger partial charge in [0.05, 0.1) is 24.0 Å². The predicted molar refractivity (Wildman–Crippen MR) is 66.4 cm³/mol. The number of rotatable bonds is 3. The number of hydrogen-bond donors (Lipinski definition) is 1. The summed E-state index contributed by atoms with van der Waals surface area (Å²) >= 11 is 10.8. The Balaban J connectivity index is 1.96. The van der Waals surface area contributed by atoms with Crippen molar-refractivity contribution >= 4 is 44.8 Å². The predicted octanol–water partition coefficient (Wildman–Crippen LogP) is 3.57. The van der Waals surface area contributed by atoms with E-state index in [1.807, 2.05) is 5.38 Å². The molecule has 0 fully saturated rings. The van der Waals surface area contributed by atoms with Gasteiger partial charge in [0, 0.05) is 14.7 Å². The first kappa shape index (κ1) is 10.9. The van der Waals surface area contributed by atoms with Gasteiger partial charge < -0.3 is 5.32 Å². The summed E-state index contributed by atoms with van der Waals surface area (Å²) in [4.78, 5) is 9.30. The first-order chi connectivity index (χ1) is 7.24. The Kier molecular flexibility index (Phi) is 3.56. The van der Waals surface area contributed by atoms with Gasteiger partial charge in [-0.05, 0) is 22.0 Å². The van der Waals surface area contributed by atoms with E-state index >= 15 is 0 Å². The average molecular weight is 305 g/mol. The maximum Gasteiger partial charge on any atom is 0.222 e. The molecule has 0 aliphatic heterocycles. The van der Waals surface area contributed by atoms with Crippen LogP contribution in [0.2, 0.25) is 5.02 Å². The first-order valence-corrected chi connectivity index (χ1v) is 6.23. The zero-order valence-corrected chi connectivity index (χ0v) is 10.7. The first-order valence-electron chi connectivity index (χ1n) is 4.18. The molecule has 0 spiro atoms. The molecule has 0 saturated carbocycles. The monoisotopic (exact) mass is 303 g/mol. The molecule has 2 aromatic heterocycles. The molecule has 0 saturated heterocycles. The van der Waals surface area contributed by atoms with Gasteiger partial charge in [-0.25, -0.2) is 9.97 Å². The van der Waals surface area contributed by atoms with E-state index in [0.717, 1.165) is 11.0 Å². The molecule has 0 aliphatic carbocycles. The van der Waals surface area contributed by atoms with Gasteiger partial charge in [-0.3, -0.25) is 0 Å². The zero-order valence-electron chi connectivity index (χ0n) is 7.58. The third-order valence-electron chi connectivity index (χ3n) is 1.66. The number of anilines is 1. The third-order valence-corrected chi connectivity index (χ3v) is 3.56. The number of nitrogens with zero attached hydrogens (tertiary/aromatic N) is 2. The zero-order chi connectivity index (χ0) is 10.7. The number of aromatic nitrogens is 2. The lowest BCUT2D eigenvalue weighted by Gasteiger charge is -2.01. The molecule has 0 aromatic carbocycles. The van der Waals surface area contributed by atoms with Crippen molar-refractivity contribution in [1.29, 1.82) is 0 Å². The molecule has 0 atom stereocenters. The van der Waals surface area contributed by atoms with E-state index in [1.165, 1.54) is 4.88 Å². The summed E-state index contributed by atoms with van der Waals surface area (Å²) in [7, 11) is 0. The standard InChI is InChI=1S/C9H7BrClN3S/c10-6-1-8(15-5-6)4-14-9-12-2-7(11)3-13-9/h1-3,5H,4H2,(H,12,13,14). The van der Waals surface area contributed by atoms with Crippen LogP contribution in [0.4, 0.5) is 5.95 Å². The molecule has 0 bridgehead atoms. The second-order valence-corrected chi connectivity index (χ2v) is 5.16. The van der Waals surface area contributed by atoms with Crippen LogP contribution < -0.4 is 5.32 Å². The van der Waals surface area contributed by atoms with E-state index in [0.29, 0.717) is 11.0 Å².